The summed E-state index contributed by atoms with van der Waals surface area (Å²) in [6.45, 7) is 2.86. The number of nitrogens with zero attached hydrogens (tertiary/aromatic N) is 5. The second kappa shape index (κ2) is 9.05. The highest BCUT2D eigenvalue weighted by molar-refractivity contribution is 6.03. The van der Waals surface area contributed by atoms with Crippen molar-refractivity contribution in [1.82, 2.24) is 19.7 Å². The lowest BCUT2D eigenvalue weighted by Crippen LogP contribution is -2.46. The first-order valence-corrected chi connectivity index (χ1v) is 10.1. The highest BCUT2D eigenvalue weighted by Crippen LogP contribution is 2.27. The summed E-state index contributed by atoms with van der Waals surface area (Å²) in [5.74, 6) is 3.28. The van der Waals surface area contributed by atoms with Crippen molar-refractivity contribution in [3.05, 3.63) is 54.4 Å². The molecule has 0 saturated carbocycles. The lowest BCUT2D eigenvalue weighted by molar-refractivity contribution is 0.0856. The van der Waals surface area contributed by atoms with Crippen LogP contribution in [0.2, 0.25) is 0 Å². The summed E-state index contributed by atoms with van der Waals surface area (Å²) in [7, 11) is 5.77. The van der Waals surface area contributed by atoms with E-state index in [2.05, 4.69) is 32.3 Å². The number of pyridine rings is 1. The SMILES string of the molecule is CNc1ccc(Oc2ccc(OCC3CN(C)C3)cn2)cc1C(N)=Nc1ccn(C)n1. The van der Waals surface area contributed by atoms with Crippen LogP contribution in [-0.4, -0.2) is 59.3 Å². The quantitative estimate of drug-likeness (QED) is 0.426. The Balaban J connectivity index is 1.44. The molecule has 1 aliphatic heterocycles. The van der Waals surface area contributed by atoms with Crippen molar-refractivity contribution in [3.8, 4) is 17.4 Å². The van der Waals surface area contributed by atoms with Gasteiger partial charge < -0.3 is 25.4 Å². The number of aryl methyl sites for hydroxylation is 1. The molecule has 0 spiro atoms. The molecule has 31 heavy (non-hydrogen) atoms. The van der Waals surface area contributed by atoms with Gasteiger partial charge in [0.25, 0.3) is 0 Å². The monoisotopic (exact) mass is 421 g/mol. The Morgan fingerprint density at radius 2 is 2.00 bits per heavy atom. The third kappa shape index (κ3) is 5.13. The van der Waals surface area contributed by atoms with E-state index in [1.807, 2.05) is 44.6 Å². The average Bonchev–Trinajstić information content (AvgIpc) is 3.16. The predicted molar refractivity (Wildman–Crippen MR) is 120 cm³/mol. The summed E-state index contributed by atoms with van der Waals surface area (Å²) in [5.41, 5.74) is 7.80. The van der Waals surface area contributed by atoms with Crippen LogP contribution in [0.1, 0.15) is 5.56 Å². The minimum atomic E-state index is 0.340. The zero-order valence-corrected chi connectivity index (χ0v) is 17.9. The van der Waals surface area contributed by atoms with Crippen molar-refractivity contribution in [2.24, 2.45) is 23.7 Å². The van der Waals surface area contributed by atoms with Gasteiger partial charge in [0.2, 0.25) is 5.88 Å². The lowest BCUT2D eigenvalue weighted by Gasteiger charge is -2.35. The van der Waals surface area contributed by atoms with Crippen molar-refractivity contribution in [2.45, 2.75) is 0 Å². The number of likely N-dealkylation sites (tertiary alicyclic amines) is 1. The molecular weight excluding hydrogens is 394 g/mol. The summed E-state index contributed by atoms with van der Waals surface area (Å²) >= 11 is 0. The summed E-state index contributed by atoms with van der Waals surface area (Å²) < 4.78 is 13.4. The Labute approximate surface area is 181 Å². The Bertz CT molecular complexity index is 1060. The van der Waals surface area contributed by atoms with Gasteiger partial charge in [-0.3, -0.25) is 4.68 Å². The number of amidine groups is 1. The number of rotatable bonds is 8. The lowest BCUT2D eigenvalue weighted by atomic mass is 10.0. The van der Waals surface area contributed by atoms with E-state index >= 15 is 0 Å². The Morgan fingerprint density at radius 3 is 2.65 bits per heavy atom. The fraction of sp³-hybridized carbons (Fsp3) is 0.318. The maximum atomic E-state index is 6.25. The third-order valence-electron chi connectivity index (χ3n) is 5.03. The zero-order valence-electron chi connectivity index (χ0n) is 17.9. The van der Waals surface area contributed by atoms with Crippen molar-refractivity contribution in [3.63, 3.8) is 0 Å². The maximum absolute atomic E-state index is 6.25. The molecule has 0 radical (unpaired) electrons. The number of anilines is 1. The van der Waals surface area contributed by atoms with Crippen molar-refractivity contribution >= 4 is 17.3 Å². The molecule has 9 nitrogen and oxygen atoms in total. The first kappa shape index (κ1) is 20.7. The third-order valence-corrected chi connectivity index (χ3v) is 5.03. The van der Waals surface area contributed by atoms with Crippen LogP contribution in [0.4, 0.5) is 11.5 Å². The van der Waals surface area contributed by atoms with Crippen LogP contribution < -0.4 is 20.5 Å². The molecule has 0 amide bonds. The summed E-state index contributed by atoms with van der Waals surface area (Å²) in [6.07, 6.45) is 3.49. The molecule has 162 valence electrons. The van der Waals surface area contributed by atoms with Crippen molar-refractivity contribution in [2.75, 3.05) is 39.1 Å². The molecule has 3 N–H and O–H groups in total. The molecular formula is C22H27N7O2. The van der Waals surface area contributed by atoms with Crippen LogP contribution >= 0.6 is 0 Å². The Kier molecular flexibility index (Phi) is 6.03. The molecule has 1 aromatic carbocycles. The summed E-state index contributed by atoms with van der Waals surface area (Å²) in [4.78, 5) is 11.0. The van der Waals surface area contributed by atoms with E-state index in [9.17, 15) is 0 Å². The number of hydrogen-bond acceptors (Lipinski definition) is 7. The maximum Gasteiger partial charge on any atom is 0.219 e. The van der Waals surface area contributed by atoms with Crippen LogP contribution in [0, 0.1) is 5.92 Å². The molecule has 2 aromatic heterocycles. The average molecular weight is 422 g/mol. The van der Waals surface area contributed by atoms with Gasteiger partial charge in [0.15, 0.2) is 5.82 Å². The van der Waals surface area contributed by atoms with Gasteiger partial charge >= 0.3 is 0 Å². The molecule has 3 aromatic rings. The summed E-state index contributed by atoms with van der Waals surface area (Å²) in [6, 6.07) is 11.0. The number of ether oxygens (including phenoxy) is 2. The first-order chi connectivity index (χ1) is 15.0. The fourth-order valence-electron chi connectivity index (χ4n) is 3.44. The van der Waals surface area contributed by atoms with Gasteiger partial charge in [-0.2, -0.15) is 5.10 Å². The summed E-state index contributed by atoms with van der Waals surface area (Å²) in [5, 5.41) is 7.37. The van der Waals surface area contributed by atoms with E-state index in [0.717, 1.165) is 30.1 Å². The molecule has 1 saturated heterocycles. The zero-order chi connectivity index (χ0) is 21.8. The molecule has 0 unspecified atom stereocenters. The van der Waals surface area contributed by atoms with E-state index in [1.54, 1.807) is 23.0 Å². The van der Waals surface area contributed by atoms with Crippen LogP contribution in [0.3, 0.4) is 0 Å². The topological polar surface area (TPSA) is 103 Å². The second-order valence-corrected chi connectivity index (χ2v) is 7.63. The highest BCUT2D eigenvalue weighted by atomic mass is 16.5. The molecule has 3 heterocycles. The van der Waals surface area contributed by atoms with Gasteiger partial charge in [-0.05, 0) is 31.3 Å². The number of nitrogens with two attached hydrogens (primary N) is 1. The Morgan fingerprint density at radius 1 is 1.19 bits per heavy atom. The molecule has 0 bridgehead atoms. The van der Waals surface area contributed by atoms with Gasteiger partial charge in [-0.15, -0.1) is 0 Å². The van der Waals surface area contributed by atoms with E-state index in [-0.39, 0.29) is 0 Å². The van der Waals surface area contributed by atoms with Crippen LogP contribution in [0.25, 0.3) is 0 Å². The van der Waals surface area contributed by atoms with Gasteiger partial charge in [-0.1, -0.05) is 0 Å². The van der Waals surface area contributed by atoms with Gasteiger partial charge in [0.05, 0.1) is 12.8 Å². The number of aromatic nitrogens is 3. The van der Waals surface area contributed by atoms with E-state index < -0.39 is 0 Å². The first-order valence-electron chi connectivity index (χ1n) is 10.1. The van der Waals surface area contributed by atoms with Crippen LogP contribution in [0.5, 0.6) is 17.4 Å². The molecule has 9 heteroatoms. The smallest absolute Gasteiger partial charge is 0.219 e. The molecule has 0 aliphatic carbocycles. The van der Waals surface area contributed by atoms with E-state index in [1.165, 1.54) is 0 Å². The number of nitrogens with one attached hydrogen (secondary N) is 1. The molecule has 1 aliphatic rings. The minimum Gasteiger partial charge on any atom is -0.492 e. The van der Waals surface area contributed by atoms with Crippen LogP contribution in [0.15, 0.2) is 53.8 Å². The Hall–Kier alpha value is -3.59. The number of aliphatic imine (C=N–C) groups is 1. The largest absolute Gasteiger partial charge is 0.492 e. The predicted octanol–water partition coefficient (Wildman–Crippen LogP) is 2.63. The van der Waals surface area contributed by atoms with E-state index in [4.69, 9.17) is 15.2 Å². The van der Waals surface area contributed by atoms with Gasteiger partial charge in [0.1, 0.15) is 17.3 Å². The van der Waals surface area contributed by atoms with Gasteiger partial charge in [-0.25, -0.2) is 9.98 Å². The number of benzene rings is 1. The second-order valence-electron chi connectivity index (χ2n) is 7.63. The standard InChI is InChI=1S/C22H27N7O2/c1-24-19-6-4-16(10-18(19)22(23)26-20-8-9-29(3)27-20)31-21-7-5-17(11-25-21)30-14-15-12-28(2)13-15/h4-11,15,24H,12-14H2,1-3H3,(H2,23,26,27). The van der Waals surface area contributed by atoms with E-state index in [0.29, 0.717) is 35.8 Å². The van der Waals surface area contributed by atoms with Crippen molar-refractivity contribution in [1.29, 1.82) is 0 Å². The van der Waals surface area contributed by atoms with Gasteiger partial charge in [0, 0.05) is 62.7 Å². The molecule has 4 rings (SSSR count). The van der Waals surface area contributed by atoms with Crippen molar-refractivity contribution < 1.29 is 9.47 Å². The van der Waals surface area contributed by atoms with Crippen LogP contribution in [-0.2, 0) is 7.05 Å². The fourth-order valence-corrected chi connectivity index (χ4v) is 3.44. The highest BCUT2D eigenvalue weighted by Gasteiger charge is 2.23. The normalized spacial score (nSPS) is 14.9. The molecule has 1 fully saturated rings. The molecule has 0 atom stereocenters. The number of hydrogen-bond donors (Lipinski definition) is 2. The minimum absolute atomic E-state index is 0.340.